The molecular weight excluding hydrogens is 355 g/mol. The molecule has 0 fully saturated rings. The van der Waals surface area contributed by atoms with Crippen LogP contribution < -0.4 is 10.1 Å². The van der Waals surface area contributed by atoms with Crippen LogP contribution in [0.4, 0.5) is 13.2 Å². The van der Waals surface area contributed by atoms with E-state index < -0.39 is 17.8 Å². The summed E-state index contributed by atoms with van der Waals surface area (Å²) in [5.74, 6) is 0.395. The Morgan fingerprint density at radius 1 is 1.20 bits per heavy atom. The Morgan fingerprint density at radius 2 is 1.92 bits per heavy atom. The first-order valence-electron chi connectivity index (χ1n) is 7.72. The number of amides is 1. The SMILES string of the molecule is O=C(NCCc1ccc(C(F)(F)F)cc1)C1Cc2cc(Cl)ccc2O1. The molecule has 132 valence electrons. The van der Waals surface area contributed by atoms with E-state index in [0.717, 1.165) is 23.3 Å². The van der Waals surface area contributed by atoms with Gasteiger partial charge in [-0.1, -0.05) is 23.7 Å². The molecule has 1 heterocycles. The van der Waals surface area contributed by atoms with Crippen LogP contribution in [0.3, 0.4) is 0 Å². The molecule has 25 heavy (non-hydrogen) atoms. The fourth-order valence-corrected chi connectivity index (χ4v) is 2.86. The lowest BCUT2D eigenvalue weighted by Gasteiger charge is -2.12. The van der Waals surface area contributed by atoms with Gasteiger partial charge in [0.05, 0.1) is 5.56 Å². The van der Waals surface area contributed by atoms with Crippen molar-refractivity contribution in [3.05, 3.63) is 64.2 Å². The lowest BCUT2D eigenvalue weighted by atomic mass is 10.1. The number of halogens is 4. The highest BCUT2D eigenvalue weighted by Gasteiger charge is 2.30. The zero-order chi connectivity index (χ0) is 18.0. The minimum absolute atomic E-state index is 0.251. The molecule has 1 N–H and O–H groups in total. The van der Waals surface area contributed by atoms with Crippen LogP contribution in [-0.2, 0) is 23.8 Å². The first-order valence-corrected chi connectivity index (χ1v) is 8.09. The Balaban J connectivity index is 1.49. The Labute approximate surface area is 147 Å². The number of hydrogen-bond donors (Lipinski definition) is 1. The van der Waals surface area contributed by atoms with Gasteiger partial charge in [-0.25, -0.2) is 0 Å². The van der Waals surface area contributed by atoms with Gasteiger partial charge in [-0.3, -0.25) is 4.79 Å². The summed E-state index contributed by atoms with van der Waals surface area (Å²) in [6.45, 7) is 0.321. The van der Waals surface area contributed by atoms with Gasteiger partial charge in [0.25, 0.3) is 5.91 Å². The summed E-state index contributed by atoms with van der Waals surface area (Å²) >= 11 is 5.91. The molecule has 0 aliphatic carbocycles. The van der Waals surface area contributed by atoms with Gasteiger partial charge in [-0.2, -0.15) is 13.2 Å². The van der Waals surface area contributed by atoms with Gasteiger partial charge in [0.2, 0.25) is 0 Å². The molecule has 1 aliphatic rings. The summed E-state index contributed by atoms with van der Waals surface area (Å²) in [5, 5.41) is 3.34. The Bertz CT molecular complexity index is 775. The first kappa shape index (κ1) is 17.6. The highest BCUT2D eigenvalue weighted by atomic mass is 35.5. The molecule has 3 nitrogen and oxygen atoms in total. The van der Waals surface area contributed by atoms with Gasteiger partial charge in [0, 0.05) is 18.0 Å². The summed E-state index contributed by atoms with van der Waals surface area (Å²) in [4.78, 5) is 12.2. The van der Waals surface area contributed by atoms with Crippen LogP contribution in [0.15, 0.2) is 42.5 Å². The minimum atomic E-state index is -4.34. The monoisotopic (exact) mass is 369 g/mol. The molecule has 0 saturated carbocycles. The first-order chi connectivity index (χ1) is 11.8. The van der Waals surface area contributed by atoms with E-state index >= 15 is 0 Å². The van der Waals surface area contributed by atoms with Gasteiger partial charge >= 0.3 is 6.18 Å². The number of hydrogen-bond acceptors (Lipinski definition) is 2. The second kappa shape index (κ2) is 6.96. The molecule has 0 spiro atoms. The number of benzene rings is 2. The Morgan fingerprint density at radius 3 is 2.60 bits per heavy atom. The summed E-state index contributed by atoms with van der Waals surface area (Å²) in [6.07, 6.45) is -4.07. The predicted octanol–water partition coefficient (Wildman–Crippen LogP) is 4.02. The van der Waals surface area contributed by atoms with Crippen LogP contribution >= 0.6 is 11.6 Å². The zero-order valence-electron chi connectivity index (χ0n) is 13.1. The maximum atomic E-state index is 12.5. The van der Waals surface area contributed by atoms with Crippen molar-refractivity contribution in [3.8, 4) is 5.75 Å². The molecule has 0 bridgehead atoms. The van der Waals surface area contributed by atoms with Crippen LogP contribution in [-0.4, -0.2) is 18.6 Å². The Hall–Kier alpha value is -2.21. The normalized spacial score (nSPS) is 16.2. The van der Waals surface area contributed by atoms with Gasteiger partial charge in [0.1, 0.15) is 5.75 Å². The van der Waals surface area contributed by atoms with Gasteiger partial charge in [-0.15, -0.1) is 0 Å². The van der Waals surface area contributed by atoms with E-state index in [4.69, 9.17) is 16.3 Å². The van der Waals surface area contributed by atoms with Crippen molar-refractivity contribution < 1.29 is 22.7 Å². The highest BCUT2D eigenvalue weighted by Crippen LogP contribution is 2.31. The minimum Gasteiger partial charge on any atom is -0.480 e. The van der Waals surface area contributed by atoms with E-state index in [1.54, 1.807) is 18.2 Å². The maximum Gasteiger partial charge on any atom is 0.416 e. The number of rotatable bonds is 4. The highest BCUT2D eigenvalue weighted by molar-refractivity contribution is 6.30. The Kier molecular flexibility index (Phi) is 4.90. The molecule has 0 aromatic heterocycles. The van der Waals surface area contributed by atoms with Crippen molar-refractivity contribution >= 4 is 17.5 Å². The number of ether oxygens (including phenoxy) is 1. The van der Waals surface area contributed by atoms with Gasteiger partial charge in [-0.05, 0) is 47.9 Å². The molecule has 1 unspecified atom stereocenters. The topological polar surface area (TPSA) is 38.3 Å². The average Bonchev–Trinajstić information content (AvgIpc) is 2.97. The fourth-order valence-electron chi connectivity index (χ4n) is 2.67. The van der Waals surface area contributed by atoms with Crippen molar-refractivity contribution in [2.45, 2.75) is 25.1 Å². The number of carbonyl (C=O) groups is 1. The van der Waals surface area contributed by atoms with E-state index in [1.807, 2.05) is 0 Å². The van der Waals surface area contributed by atoms with Crippen molar-refractivity contribution in [3.63, 3.8) is 0 Å². The lowest BCUT2D eigenvalue weighted by molar-refractivity contribution is -0.137. The summed E-state index contributed by atoms with van der Waals surface area (Å²) in [6, 6.07) is 10.1. The van der Waals surface area contributed by atoms with Gasteiger partial charge in [0.15, 0.2) is 6.10 Å². The van der Waals surface area contributed by atoms with Crippen LogP contribution in [0.5, 0.6) is 5.75 Å². The van der Waals surface area contributed by atoms with Crippen LogP contribution in [0.2, 0.25) is 5.02 Å². The summed E-state index contributed by atoms with van der Waals surface area (Å²) in [7, 11) is 0. The second-order valence-corrected chi connectivity index (χ2v) is 6.23. The number of nitrogens with one attached hydrogen (secondary N) is 1. The third-order valence-electron chi connectivity index (χ3n) is 3.98. The molecule has 1 atom stereocenters. The largest absolute Gasteiger partial charge is 0.480 e. The van der Waals surface area contributed by atoms with Crippen molar-refractivity contribution in [2.75, 3.05) is 6.54 Å². The third kappa shape index (κ3) is 4.25. The number of alkyl halides is 3. The van der Waals surface area contributed by atoms with E-state index in [9.17, 15) is 18.0 Å². The number of fused-ring (bicyclic) bond motifs is 1. The molecule has 1 amide bonds. The van der Waals surface area contributed by atoms with Crippen molar-refractivity contribution in [2.24, 2.45) is 0 Å². The van der Waals surface area contributed by atoms with Gasteiger partial charge < -0.3 is 10.1 Å². The molecular formula is C18H15ClF3NO2. The number of carbonyl (C=O) groups excluding carboxylic acids is 1. The van der Waals surface area contributed by atoms with E-state index in [1.165, 1.54) is 12.1 Å². The lowest BCUT2D eigenvalue weighted by Crippen LogP contribution is -2.38. The average molecular weight is 370 g/mol. The van der Waals surface area contributed by atoms with Crippen molar-refractivity contribution in [1.29, 1.82) is 0 Å². The molecule has 2 aromatic carbocycles. The molecule has 2 aromatic rings. The van der Waals surface area contributed by atoms with E-state index in [0.29, 0.717) is 30.2 Å². The van der Waals surface area contributed by atoms with E-state index in [2.05, 4.69) is 5.32 Å². The van der Waals surface area contributed by atoms with Crippen LogP contribution in [0.1, 0.15) is 16.7 Å². The summed E-state index contributed by atoms with van der Waals surface area (Å²) in [5.41, 5.74) is 0.919. The maximum absolute atomic E-state index is 12.5. The quantitative estimate of drug-likeness (QED) is 0.884. The van der Waals surface area contributed by atoms with Crippen LogP contribution in [0.25, 0.3) is 0 Å². The summed E-state index contributed by atoms with van der Waals surface area (Å²) < 4.78 is 43.1. The third-order valence-corrected chi connectivity index (χ3v) is 4.22. The van der Waals surface area contributed by atoms with Crippen molar-refractivity contribution in [1.82, 2.24) is 5.32 Å². The zero-order valence-corrected chi connectivity index (χ0v) is 13.8. The predicted molar refractivity (Wildman–Crippen MR) is 87.7 cm³/mol. The van der Waals surface area contributed by atoms with Crippen LogP contribution in [0, 0.1) is 0 Å². The second-order valence-electron chi connectivity index (χ2n) is 5.80. The van der Waals surface area contributed by atoms with E-state index in [-0.39, 0.29) is 5.91 Å². The molecule has 7 heteroatoms. The molecule has 1 aliphatic heterocycles. The standard InChI is InChI=1S/C18H15ClF3NO2/c19-14-5-6-15-12(9-14)10-16(25-15)17(24)23-8-7-11-1-3-13(4-2-11)18(20,21)22/h1-6,9,16H,7-8,10H2,(H,23,24). The molecule has 3 rings (SSSR count). The molecule has 0 saturated heterocycles. The fraction of sp³-hybridized carbons (Fsp3) is 0.278. The molecule has 0 radical (unpaired) electrons. The smallest absolute Gasteiger partial charge is 0.416 e.